The van der Waals surface area contributed by atoms with Crippen LogP contribution in [-0.4, -0.2) is 26.7 Å². The van der Waals surface area contributed by atoms with E-state index in [2.05, 4.69) is 18.5 Å². The van der Waals surface area contributed by atoms with Gasteiger partial charge in [0, 0.05) is 24.1 Å². The lowest BCUT2D eigenvalue weighted by Gasteiger charge is -2.16. The molecule has 2 aromatic rings. The molecule has 0 heterocycles. The highest BCUT2D eigenvalue weighted by molar-refractivity contribution is 5.93. The summed E-state index contributed by atoms with van der Waals surface area (Å²) in [6, 6.07) is 13.7. The number of carbonyl (C=O) groups excluding carboxylic acids is 1. The molecule has 4 heteroatoms. The molecule has 0 aromatic heterocycles. The van der Waals surface area contributed by atoms with Crippen LogP contribution >= 0.6 is 0 Å². The average molecular weight is 351 g/mol. The van der Waals surface area contributed by atoms with Crippen molar-refractivity contribution in [2.45, 2.75) is 12.8 Å². The van der Waals surface area contributed by atoms with Crippen LogP contribution in [0.3, 0.4) is 0 Å². The van der Waals surface area contributed by atoms with Crippen molar-refractivity contribution in [1.82, 2.24) is 5.32 Å². The molecule has 4 nitrogen and oxygen atoms in total. The lowest BCUT2D eigenvalue weighted by Crippen LogP contribution is -2.27. The molecule has 0 unspecified atom stereocenters. The summed E-state index contributed by atoms with van der Waals surface area (Å²) in [7, 11) is 3.16. The fourth-order valence-corrected chi connectivity index (χ4v) is 2.76. The van der Waals surface area contributed by atoms with Crippen LogP contribution in [0.5, 0.6) is 11.5 Å². The molecular weight excluding hydrogens is 326 g/mol. The largest absolute Gasteiger partial charge is 0.493 e. The molecule has 1 amide bonds. The minimum absolute atomic E-state index is 0.166. The van der Waals surface area contributed by atoms with Crippen LogP contribution in [0.2, 0.25) is 0 Å². The molecule has 0 aliphatic rings. The maximum Gasteiger partial charge on any atom is 0.246 e. The molecule has 2 rings (SSSR count). The van der Waals surface area contributed by atoms with Gasteiger partial charge in [0.25, 0.3) is 0 Å². The SMILES string of the molecule is C=Cc1ccc(OC)c(OC)c1CC(=C)C(=O)NCCc1ccccc1. The van der Waals surface area contributed by atoms with Gasteiger partial charge < -0.3 is 14.8 Å². The number of hydrogen-bond acceptors (Lipinski definition) is 3. The normalized spacial score (nSPS) is 10.1. The summed E-state index contributed by atoms with van der Waals surface area (Å²) in [6.07, 6.45) is 2.87. The number of benzene rings is 2. The van der Waals surface area contributed by atoms with Crippen molar-refractivity contribution in [1.29, 1.82) is 0 Å². The maximum absolute atomic E-state index is 12.4. The van der Waals surface area contributed by atoms with Gasteiger partial charge in [-0.1, -0.05) is 55.6 Å². The Balaban J connectivity index is 2.04. The first-order chi connectivity index (χ1) is 12.6. The van der Waals surface area contributed by atoms with Gasteiger partial charge in [-0.05, 0) is 23.6 Å². The van der Waals surface area contributed by atoms with Gasteiger partial charge in [0.1, 0.15) is 0 Å². The highest BCUT2D eigenvalue weighted by atomic mass is 16.5. The van der Waals surface area contributed by atoms with E-state index in [1.807, 2.05) is 42.5 Å². The monoisotopic (exact) mass is 351 g/mol. The van der Waals surface area contributed by atoms with Gasteiger partial charge in [-0.25, -0.2) is 0 Å². The zero-order valence-corrected chi connectivity index (χ0v) is 15.4. The van der Waals surface area contributed by atoms with Crippen LogP contribution in [-0.2, 0) is 17.6 Å². The number of hydrogen-bond donors (Lipinski definition) is 1. The molecule has 0 aliphatic carbocycles. The zero-order chi connectivity index (χ0) is 18.9. The lowest BCUT2D eigenvalue weighted by molar-refractivity contribution is -0.117. The van der Waals surface area contributed by atoms with Gasteiger partial charge in [0.05, 0.1) is 14.2 Å². The molecule has 0 saturated carbocycles. The Labute approximate surface area is 155 Å². The quantitative estimate of drug-likeness (QED) is 0.699. The molecule has 0 atom stereocenters. The maximum atomic E-state index is 12.4. The standard InChI is InChI=1S/C22H25NO3/c1-5-18-11-12-20(25-3)21(26-4)19(18)15-16(2)22(24)23-14-13-17-9-7-6-8-10-17/h5-12H,1-2,13-15H2,3-4H3,(H,23,24). The highest BCUT2D eigenvalue weighted by Crippen LogP contribution is 2.35. The number of carbonyl (C=O) groups is 1. The second-order valence-electron chi connectivity index (χ2n) is 5.84. The second-order valence-corrected chi connectivity index (χ2v) is 5.84. The van der Waals surface area contributed by atoms with E-state index < -0.39 is 0 Å². The van der Waals surface area contributed by atoms with Crippen LogP contribution in [0.1, 0.15) is 16.7 Å². The Morgan fingerprint density at radius 1 is 1.12 bits per heavy atom. The summed E-state index contributed by atoms with van der Waals surface area (Å²) >= 11 is 0. The topological polar surface area (TPSA) is 47.6 Å². The summed E-state index contributed by atoms with van der Waals surface area (Å²) in [4.78, 5) is 12.4. The van der Waals surface area contributed by atoms with Crippen LogP contribution in [0.25, 0.3) is 6.08 Å². The number of nitrogens with one attached hydrogen (secondary N) is 1. The van der Waals surface area contributed by atoms with E-state index in [-0.39, 0.29) is 5.91 Å². The number of ether oxygens (including phenoxy) is 2. The van der Waals surface area contributed by atoms with Gasteiger partial charge in [0.15, 0.2) is 11.5 Å². The molecule has 0 aliphatic heterocycles. The van der Waals surface area contributed by atoms with E-state index in [0.29, 0.717) is 30.0 Å². The van der Waals surface area contributed by atoms with Crippen molar-refractivity contribution in [2.24, 2.45) is 0 Å². The minimum Gasteiger partial charge on any atom is -0.493 e. The Bertz CT molecular complexity index is 781. The Morgan fingerprint density at radius 2 is 1.85 bits per heavy atom. The predicted molar refractivity (Wildman–Crippen MR) is 106 cm³/mol. The molecule has 1 N–H and O–H groups in total. The zero-order valence-electron chi connectivity index (χ0n) is 15.4. The van der Waals surface area contributed by atoms with Crippen molar-refractivity contribution in [3.05, 3.63) is 77.9 Å². The molecule has 0 fully saturated rings. The third kappa shape index (κ3) is 4.76. The van der Waals surface area contributed by atoms with Crippen molar-refractivity contribution < 1.29 is 14.3 Å². The smallest absolute Gasteiger partial charge is 0.246 e. The molecule has 136 valence electrons. The first-order valence-electron chi connectivity index (χ1n) is 8.46. The molecule has 0 saturated heterocycles. The molecule has 26 heavy (non-hydrogen) atoms. The van der Waals surface area contributed by atoms with Gasteiger partial charge in [-0.15, -0.1) is 0 Å². The summed E-state index contributed by atoms with van der Waals surface area (Å²) in [6.45, 7) is 8.33. The molecule has 0 spiro atoms. The number of methoxy groups -OCH3 is 2. The predicted octanol–water partition coefficient (Wildman–Crippen LogP) is 3.80. The van der Waals surface area contributed by atoms with Crippen molar-refractivity contribution in [3.63, 3.8) is 0 Å². The Morgan fingerprint density at radius 3 is 2.46 bits per heavy atom. The molecular formula is C22H25NO3. The summed E-state index contributed by atoms with van der Waals surface area (Å²) in [5.41, 5.74) is 3.38. The van der Waals surface area contributed by atoms with E-state index >= 15 is 0 Å². The second kappa shape index (κ2) is 9.47. The summed E-state index contributed by atoms with van der Waals surface area (Å²) in [5.74, 6) is 1.05. The van der Waals surface area contributed by atoms with E-state index in [9.17, 15) is 4.79 Å². The first kappa shape index (κ1) is 19.3. The van der Waals surface area contributed by atoms with E-state index in [4.69, 9.17) is 9.47 Å². The third-order valence-corrected chi connectivity index (χ3v) is 4.16. The molecule has 0 bridgehead atoms. The minimum atomic E-state index is -0.166. The summed E-state index contributed by atoms with van der Waals surface area (Å²) < 4.78 is 10.8. The van der Waals surface area contributed by atoms with Gasteiger partial charge in [-0.2, -0.15) is 0 Å². The van der Waals surface area contributed by atoms with E-state index in [1.54, 1.807) is 20.3 Å². The fraction of sp³-hybridized carbons (Fsp3) is 0.227. The van der Waals surface area contributed by atoms with Gasteiger partial charge in [-0.3, -0.25) is 4.79 Å². The van der Waals surface area contributed by atoms with Crippen molar-refractivity contribution >= 4 is 12.0 Å². The molecule has 2 aromatic carbocycles. The van der Waals surface area contributed by atoms with Gasteiger partial charge in [0.2, 0.25) is 5.91 Å². The highest BCUT2D eigenvalue weighted by Gasteiger charge is 2.17. The Kier molecular flexibility index (Phi) is 7.03. The number of rotatable bonds is 9. The molecule has 0 radical (unpaired) electrons. The first-order valence-corrected chi connectivity index (χ1v) is 8.46. The van der Waals surface area contributed by atoms with Crippen molar-refractivity contribution in [2.75, 3.05) is 20.8 Å². The van der Waals surface area contributed by atoms with Crippen LogP contribution in [0.15, 0.2) is 61.2 Å². The summed E-state index contributed by atoms with van der Waals surface area (Å²) in [5, 5.41) is 2.92. The van der Waals surface area contributed by atoms with Crippen LogP contribution < -0.4 is 14.8 Å². The van der Waals surface area contributed by atoms with Crippen molar-refractivity contribution in [3.8, 4) is 11.5 Å². The Hall–Kier alpha value is -3.01. The lowest BCUT2D eigenvalue weighted by atomic mass is 9.98. The van der Waals surface area contributed by atoms with Crippen LogP contribution in [0.4, 0.5) is 0 Å². The van der Waals surface area contributed by atoms with Gasteiger partial charge >= 0.3 is 0 Å². The number of amides is 1. The van der Waals surface area contributed by atoms with E-state index in [1.165, 1.54) is 5.56 Å². The third-order valence-electron chi connectivity index (χ3n) is 4.16. The van der Waals surface area contributed by atoms with E-state index in [0.717, 1.165) is 17.5 Å². The fourth-order valence-electron chi connectivity index (χ4n) is 2.76. The average Bonchev–Trinajstić information content (AvgIpc) is 2.68. The van der Waals surface area contributed by atoms with Crippen LogP contribution in [0, 0.1) is 0 Å².